The van der Waals surface area contributed by atoms with Crippen molar-refractivity contribution < 1.29 is 23.1 Å². The molecular weight excluding hydrogens is 378 g/mol. The van der Waals surface area contributed by atoms with Crippen LogP contribution < -0.4 is 0 Å². The van der Waals surface area contributed by atoms with E-state index in [0.717, 1.165) is 6.26 Å². The largest absolute Gasteiger partial charge is 0.508 e. The van der Waals surface area contributed by atoms with Gasteiger partial charge in [0.15, 0.2) is 15.6 Å². The molecule has 0 bridgehead atoms. The lowest BCUT2D eigenvalue weighted by atomic mass is 9.88. The third-order valence-electron chi connectivity index (χ3n) is 4.91. The van der Waals surface area contributed by atoms with Crippen LogP contribution in [0.2, 0.25) is 0 Å². The van der Waals surface area contributed by atoms with E-state index in [1.165, 1.54) is 12.1 Å². The Morgan fingerprint density at radius 3 is 2.29 bits per heavy atom. The van der Waals surface area contributed by atoms with Crippen LogP contribution >= 0.6 is 0 Å². The van der Waals surface area contributed by atoms with Crippen LogP contribution in [-0.2, 0) is 15.6 Å². The molecule has 1 N–H and O–H groups in total. The molecule has 2 aromatic rings. The molecule has 0 unspecified atom stereocenters. The number of amides is 1. The van der Waals surface area contributed by atoms with Crippen LogP contribution in [0.5, 0.6) is 5.75 Å². The molecule has 28 heavy (non-hydrogen) atoms. The lowest BCUT2D eigenvalue weighted by molar-refractivity contribution is 0.0650. The summed E-state index contributed by atoms with van der Waals surface area (Å²) in [5.41, 5.74) is 1.62. The van der Waals surface area contributed by atoms with Gasteiger partial charge in [0.1, 0.15) is 5.75 Å². The van der Waals surface area contributed by atoms with Gasteiger partial charge in [0.25, 0.3) is 5.91 Å². The van der Waals surface area contributed by atoms with E-state index >= 15 is 0 Å². The van der Waals surface area contributed by atoms with Crippen molar-refractivity contribution in [3.05, 3.63) is 65.2 Å². The molecule has 2 aromatic carbocycles. The van der Waals surface area contributed by atoms with Crippen molar-refractivity contribution in [1.29, 1.82) is 0 Å². The highest BCUT2D eigenvalue weighted by molar-refractivity contribution is 7.89. The topological polar surface area (TPSA) is 91.8 Å². The number of sulfone groups is 1. The second kappa shape index (κ2) is 8.14. The molecule has 148 valence electrons. The van der Waals surface area contributed by atoms with Crippen LogP contribution in [0.4, 0.5) is 0 Å². The zero-order valence-electron chi connectivity index (χ0n) is 15.7. The van der Waals surface area contributed by atoms with Gasteiger partial charge in [0, 0.05) is 36.4 Å². The fraction of sp³-hybridized carbons (Fsp3) is 0.333. The van der Waals surface area contributed by atoms with Gasteiger partial charge in [-0.1, -0.05) is 12.1 Å². The molecule has 6 nitrogen and oxygen atoms in total. The summed E-state index contributed by atoms with van der Waals surface area (Å²) < 4.78 is 23.0. The minimum absolute atomic E-state index is 0.0299. The van der Waals surface area contributed by atoms with Crippen LogP contribution in [0.15, 0.2) is 48.5 Å². The zero-order valence-corrected chi connectivity index (χ0v) is 16.5. The van der Waals surface area contributed by atoms with Crippen molar-refractivity contribution in [2.45, 2.75) is 18.6 Å². The van der Waals surface area contributed by atoms with Gasteiger partial charge in [-0.05, 0) is 54.8 Å². The first-order valence-electron chi connectivity index (χ1n) is 9.12. The highest BCUT2D eigenvalue weighted by Gasteiger charge is 2.28. The number of rotatable bonds is 5. The predicted molar refractivity (Wildman–Crippen MR) is 106 cm³/mol. The normalized spacial score (nSPS) is 15.4. The van der Waals surface area contributed by atoms with Gasteiger partial charge in [-0.3, -0.25) is 9.59 Å². The van der Waals surface area contributed by atoms with E-state index in [1.54, 1.807) is 41.3 Å². The average Bonchev–Trinajstić information content (AvgIpc) is 2.66. The molecule has 1 fully saturated rings. The van der Waals surface area contributed by atoms with Crippen molar-refractivity contribution in [2.75, 3.05) is 19.3 Å². The standard InChI is InChI=1S/C21H23NO5S/c1-28(26,27)14-15-3-2-4-18(13-15)21(25)22-11-9-17(10-12-22)20(24)16-5-7-19(23)8-6-16/h2-8,13,17,23H,9-12,14H2,1H3. The van der Waals surface area contributed by atoms with Crippen LogP contribution in [0.25, 0.3) is 0 Å². The van der Waals surface area contributed by atoms with Gasteiger partial charge in [0.2, 0.25) is 0 Å². The zero-order chi connectivity index (χ0) is 20.3. The quantitative estimate of drug-likeness (QED) is 0.778. The van der Waals surface area contributed by atoms with Gasteiger partial charge < -0.3 is 10.0 Å². The smallest absolute Gasteiger partial charge is 0.253 e. The van der Waals surface area contributed by atoms with Gasteiger partial charge in [0.05, 0.1) is 5.75 Å². The number of carbonyl (C=O) groups excluding carboxylic acids is 2. The molecule has 0 spiro atoms. The highest BCUT2D eigenvalue weighted by Crippen LogP contribution is 2.24. The molecule has 1 aliphatic rings. The maximum atomic E-state index is 12.8. The minimum atomic E-state index is -3.17. The highest BCUT2D eigenvalue weighted by atomic mass is 32.2. The number of piperidine rings is 1. The summed E-state index contributed by atoms with van der Waals surface area (Å²) >= 11 is 0. The average molecular weight is 401 g/mol. The summed E-state index contributed by atoms with van der Waals surface area (Å²) in [6, 6.07) is 12.9. The molecular formula is C21H23NO5S. The summed E-state index contributed by atoms with van der Waals surface area (Å²) in [5, 5.41) is 9.35. The number of Topliss-reactive ketones (excluding diaryl/α,β-unsaturated/α-hetero) is 1. The summed E-state index contributed by atoms with van der Waals surface area (Å²) in [7, 11) is -3.17. The third kappa shape index (κ3) is 4.98. The number of ketones is 1. The van der Waals surface area contributed by atoms with Crippen molar-refractivity contribution in [2.24, 2.45) is 5.92 Å². The molecule has 0 saturated carbocycles. The van der Waals surface area contributed by atoms with E-state index in [1.807, 2.05) is 0 Å². The lowest BCUT2D eigenvalue weighted by Crippen LogP contribution is -2.40. The molecule has 1 saturated heterocycles. The Balaban J connectivity index is 1.63. The fourth-order valence-corrected chi connectivity index (χ4v) is 4.27. The van der Waals surface area contributed by atoms with E-state index in [0.29, 0.717) is 42.6 Å². The van der Waals surface area contributed by atoms with Crippen LogP contribution in [0, 0.1) is 5.92 Å². The van der Waals surface area contributed by atoms with E-state index in [4.69, 9.17) is 0 Å². The Labute approximate surface area is 164 Å². The van der Waals surface area contributed by atoms with Gasteiger partial charge in [-0.2, -0.15) is 0 Å². The Hall–Kier alpha value is -2.67. The van der Waals surface area contributed by atoms with Crippen molar-refractivity contribution in [1.82, 2.24) is 4.90 Å². The van der Waals surface area contributed by atoms with E-state index in [-0.39, 0.29) is 29.1 Å². The van der Waals surface area contributed by atoms with E-state index in [2.05, 4.69) is 0 Å². The first kappa shape index (κ1) is 20.1. The number of hydrogen-bond donors (Lipinski definition) is 1. The predicted octanol–water partition coefficient (Wildman–Crippen LogP) is 2.67. The molecule has 0 aliphatic carbocycles. The van der Waals surface area contributed by atoms with Gasteiger partial charge in [-0.25, -0.2) is 8.42 Å². The summed E-state index contributed by atoms with van der Waals surface area (Å²) in [6.07, 6.45) is 2.32. The number of phenolic OH excluding ortho intramolecular Hbond substituents is 1. The monoisotopic (exact) mass is 401 g/mol. The Bertz CT molecular complexity index is 974. The van der Waals surface area contributed by atoms with Gasteiger partial charge in [-0.15, -0.1) is 0 Å². The van der Waals surface area contributed by atoms with E-state index in [9.17, 15) is 23.1 Å². The van der Waals surface area contributed by atoms with Crippen molar-refractivity contribution in [3.8, 4) is 5.75 Å². The Kier molecular flexibility index (Phi) is 5.84. The van der Waals surface area contributed by atoms with Crippen LogP contribution in [-0.4, -0.2) is 49.5 Å². The second-order valence-electron chi connectivity index (χ2n) is 7.25. The first-order valence-corrected chi connectivity index (χ1v) is 11.2. The summed E-state index contributed by atoms with van der Waals surface area (Å²) in [4.78, 5) is 27.1. The maximum Gasteiger partial charge on any atom is 0.253 e. The van der Waals surface area contributed by atoms with Crippen LogP contribution in [0.3, 0.4) is 0 Å². The minimum Gasteiger partial charge on any atom is -0.508 e. The lowest BCUT2D eigenvalue weighted by Gasteiger charge is -2.31. The molecule has 0 atom stereocenters. The number of benzene rings is 2. The molecule has 1 heterocycles. The second-order valence-corrected chi connectivity index (χ2v) is 9.39. The summed E-state index contributed by atoms with van der Waals surface area (Å²) in [6.45, 7) is 0.952. The van der Waals surface area contributed by atoms with Gasteiger partial charge >= 0.3 is 0 Å². The number of aromatic hydroxyl groups is 1. The summed E-state index contributed by atoms with van der Waals surface area (Å²) in [5.74, 6) is -0.245. The molecule has 3 rings (SSSR count). The molecule has 0 radical (unpaired) electrons. The Morgan fingerprint density at radius 1 is 1.04 bits per heavy atom. The number of likely N-dealkylation sites (tertiary alicyclic amines) is 1. The third-order valence-corrected chi connectivity index (χ3v) is 5.77. The molecule has 1 amide bonds. The number of carbonyl (C=O) groups is 2. The SMILES string of the molecule is CS(=O)(=O)Cc1cccc(C(=O)N2CCC(C(=O)c3ccc(O)cc3)CC2)c1. The molecule has 0 aromatic heterocycles. The Morgan fingerprint density at radius 2 is 1.68 bits per heavy atom. The first-order chi connectivity index (χ1) is 13.2. The number of phenols is 1. The van der Waals surface area contributed by atoms with E-state index < -0.39 is 9.84 Å². The van der Waals surface area contributed by atoms with Crippen molar-refractivity contribution in [3.63, 3.8) is 0 Å². The molecule has 7 heteroatoms. The van der Waals surface area contributed by atoms with Crippen molar-refractivity contribution >= 4 is 21.5 Å². The number of hydrogen-bond acceptors (Lipinski definition) is 5. The number of nitrogens with zero attached hydrogens (tertiary/aromatic N) is 1. The molecule has 1 aliphatic heterocycles. The maximum absolute atomic E-state index is 12.8. The van der Waals surface area contributed by atoms with Crippen LogP contribution in [0.1, 0.15) is 39.1 Å². The fourth-order valence-electron chi connectivity index (χ4n) is 3.49.